The molecule has 0 aliphatic carbocycles. The number of benzene rings is 1. The van der Waals surface area contributed by atoms with E-state index in [1.54, 1.807) is 0 Å². The van der Waals surface area contributed by atoms with Gasteiger partial charge in [-0.3, -0.25) is 19.1 Å². The molecule has 0 aliphatic heterocycles. The summed E-state index contributed by atoms with van der Waals surface area (Å²) in [6.07, 6.45) is 1.74. The standard InChI is InChI=1S/C23H34N4O3/c1-15(2)13-26(19(28)8-6-7-18-11-9-17(5)10-12-18)20-21(24)27(14-16(3)4)23(30)25-22(20)29/h9-12,15-16H,6-8,13-14,24H2,1-5H3,(H,25,29,30). The van der Waals surface area contributed by atoms with Crippen molar-refractivity contribution in [2.75, 3.05) is 17.2 Å². The molecule has 164 valence electrons. The Hall–Kier alpha value is -2.83. The molecule has 0 bridgehead atoms. The van der Waals surface area contributed by atoms with Crippen molar-refractivity contribution in [2.24, 2.45) is 11.8 Å². The second-order valence-corrected chi connectivity index (χ2v) is 8.73. The highest BCUT2D eigenvalue weighted by atomic mass is 16.2. The molecule has 7 heteroatoms. The van der Waals surface area contributed by atoms with Gasteiger partial charge in [-0.25, -0.2) is 4.79 Å². The third-order valence-corrected chi connectivity index (χ3v) is 4.86. The molecular weight excluding hydrogens is 380 g/mol. The third-order valence-electron chi connectivity index (χ3n) is 4.86. The molecule has 2 rings (SSSR count). The number of nitrogens with zero attached hydrogens (tertiary/aromatic N) is 2. The number of carbonyl (C=O) groups excluding carboxylic acids is 1. The fourth-order valence-electron chi connectivity index (χ4n) is 3.40. The fourth-order valence-corrected chi connectivity index (χ4v) is 3.40. The summed E-state index contributed by atoms with van der Waals surface area (Å²) in [5.74, 6) is 0.176. The molecule has 0 spiro atoms. The number of rotatable bonds is 9. The van der Waals surface area contributed by atoms with E-state index in [0.29, 0.717) is 25.9 Å². The van der Waals surface area contributed by atoms with Crippen molar-refractivity contribution in [1.82, 2.24) is 9.55 Å². The summed E-state index contributed by atoms with van der Waals surface area (Å²) < 4.78 is 1.34. The zero-order valence-electron chi connectivity index (χ0n) is 18.7. The summed E-state index contributed by atoms with van der Waals surface area (Å²) in [6, 6.07) is 8.24. The van der Waals surface area contributed by atoms with Gasteiger partial charge in [-0.15, -0.1) is 0 Å². The van der Waals surface area contributed by atoms with Crippen LogP contribution in [0.5, 0.6) is 0 Å². The first-order chi connectivity index (χ1) is 14.1. The number of aromatic nitrogens is 2. The maximum atomic E-state index is 13.1. The Morgan fingerprint density at radius 1 is 1.10 bits per heavy atom. The summed E-state index contributed by atoms with van der Waals surface area (Å²) in [7, 11) is 0. The fraction of sp³-hybridized carbons (Fsp3) is 0.522. The first-order valence-corrected chi connectivity index (χ1v) is 10.6. The summed E-state index contributed by atoms with van der Waals surface area (Å²) >= 11 is 0. The Morgan fingerprint density at radius 2 is 1.73 bits per heavy atom. The molecule has 0 unspecified atom stereocenters. The highest BCUT2D eigenvalue weighted by Gasteiger charge is 2.24. The van der Waals surface area contributed by atoms with Crippen molar-refractivity contribution in [2.45, 2.75) is 60.4 Å². The van der Waals surface area contributed by atoms with Crippen LogP contribution in [0.1, 0.15) is 51.7 Å². The second kappa shape index (κ2) is 10.3. The van der Waals surface area contributed by atoms with Crippen molar-refractivity contribution in [3.8, 4) is 0 Å². The number of nitrogens with two attached hydrogens (primary N) is 1. The Labute approximate surface area is 177 Å². The van der Waals surface area contributed by atoms with E-state index in [2.05, 4.69) is 29.2 Å². The van der Waals surface area contributed by atoms with Crippen molar-refractivity contribution < 1.29 is 4.79 Å². The Balaban J connectivity index is 2.28. The minimum absolute atomic E-state index is 0.0463. The molecular formula is C23H34N4O3. The van der Waals surface area contributed by atoms with Gasteiger partial charge in [0.05, 0.1) is 0 Å². The predicted octanol–water partition coefficient (Wildman–Crippen LogP) is 3.10. The average molecular weight is 415 g/mol. The van der Waals surface area contributed by atoms with E-state index >= 15 is 0 Å². The normalized spacial score (nSPS) is 11.3. The molecule has 7 nitrogen and oxygen atoms in total. The van der Waals surface area contributed by atoms with Crippen LogP contribution in [0, 0.1) is 18.8 Å². The first-order valence-electron chi connectivity index (χ1n) is 10.6. The second-order valence-electron chi connectivity index (χ2n) is 8.73. The SMILES string of the molecule is Cc1ccc(CCCC(=O)N(CC(C)C)c2c(N)n(CC(C)C)c(=O)[nH]c2=O)cc1. The number of nitrogen functional groups attached to an aromatic ring is 1. The summed E-state index contributed by atoms with van der Waals surface area (Å²) in [4.78, 5) is 41.7. The highest BCUT2D eigenvalue weighted by Crippen LogP contribution is 2.21. The molecule has 30 heavy (non-hydrogen) atoms. The molecule has 0 aliphatic rings. The van der Waals surface area contributed by atoms with Crippen LogP contribution < -0.4 is 21.9 Å². The average Bonchev–Trinajstić information content (AvgIpc) is 2.65. The molecule has 1 aromatic carbocycles. The molecule has 0 saturated carbocycles. The molecule has 2 aromatic rings. The number of aromatic amines is 1. The monoisotopic (exact) mass is 414 g/mol. The van der Waals surface area contributed by atoms with Gasteiger partial charge >= 0.3 is 5.69 Å². The summed E-state index contributed by atoms with van der Waals surface area (Å²) in [5, 5.41) is 0. The van der Waals surface area contributed by atoms with Gasteiger partial charge in [0.2, 0.25) is 5.91 Å². The van der Waals surface area contributed by atoms with Crippen LogP contribution >= 0.6 is 0 Å². The molecule has 1 amide bonds. The van der Waals surface area contributed by atoms with Crippen molar-refractivity contribution in [3.05, 3.63) is 56.2 Å². The maximum absolute atomic E-state index is 13.1. The van der Waals surface area contributed by atoms with Crippen LogP contribution in [0.4, 0.5) is 11.5 Å². The van der Waals surface area contributed by atoms with Crippen LogP contribution in [0.3, 0.4) is 0 Å². The van der Waals surface area contributed by atoms with Gasteiger partial charge in [0, 0.05) is 19.5 Å². The number of nitrogens with one attached hydrogen (secondary N) is 1. The minimum atomic E-state index is -0.620. The number of hydrogen-bond donors (Lipinski definition) is 2. The van der Waals surface area contributed by atoms with Crippen molar-refractivity contribution in [3.63, 3.8) is 0 Å². The van der Waals surface area contributed by atoms with E-state index in [1.165, 1.54) is 20.6 Å². The Morgan fingerprint density at radius 3 is 2.30 bits per heavy atom. The number of hydrogen-bond acceptors (Lipinski definition) is 4. The lowest BCUT2D eigenvalue weighted by Gasteiger charge is -2.26. The topological polar surface area (TPSA) is 101 Å². The van der Waals surface area contributed by atoms with Gasteiger partial charge in [0.25, 0.3) is 5.56 Å². The zero-order chi connectivity index (χ0) is 22.4. The number of anilines is 2. The van der Waals surface area contributed by atoms with Gasteiger partial charge < -0.3 is 10.6 Å². The van der Waals surface area contributed by atoms with Gasteiger partial charge in [0.15, 0.2) is 5.69 Å². The quantitative estimate of drug-likeness (QED) is 0.658. The highest BCUT2D eigenvalue weighted by molar-refractivity contribution is 5.95. The van der Waals surface area contributed by atoms with Gasteiger partial charge in [0.1, 0.15) is 5.82 Å². The summed E-state index contributed by atoms with van der Waals surface area (Å²) in [5.41, 5.74) is 7.51. The van der Waals surface area contributed by atoms with Crippen LogP contribution in [0.25, 0.3) is 0 Å². The van der Waals surface area contributed by atoms with Gasteiger partial charge in [-0.2, -0.15) is 0 Å². The lowest BCUT2D eigenvalue weighted by atomic mass is 10.1. The largest absolute Gasteiger partial charge is 0.383 e. The number of amides is 1. The third kappa shape index (κ3) is 6.08. The van der Waals surface area contributed by atoms with E-state index < -0.39 is 11.2 Å². The molecule has 0 radical (unpaired) electrons. The van der Waals surface area contributed by atoms with Crippen LogP contribution in [-0.4, -0.2) is 22.0 Å². The number of aryl methyl sites for hydroxylation is 2. The van der Waals surface area contributed by atoms with E-state index in [-0.39, 0.29) is 29.2 Å². The molecule has 1 aromatic heterocycles. The Kier molecular flexibility index (Phi) is 8.03. The van der Waals surface area contributed by atoms with Crippen LogP contribution in [0.15, 0.2) is 33.9 Å². The number of H-pyrrole nitrogens is 1. The smallest absolute Gasteiger partial charge is 0.330 e. The van der Waals surface area contributed by atoms with Crippen LogP contribution in [0.2, 0.25) is 0 Å². The van der Waals surface area contributed by atoms with Gasteiger partial charge in [-0.1, -0.05) is 57.5 Å². The molecule has 0 atom stereocenters. The lowest BCUT2D eigenvalue weighted by Crippen LogP contribution is -2.43. The van der Waals surface area contributed by atoms with Gasteiger partial charge in [-0.05, 0) is 37.2 Å². The minimum Gasteiger partial charge on any atom is -0.383 e. The van der Waals surface area contributed by atoms with E-state index in [1.807, 2.05) is 34.6 Å². The van der Waals surface area contributed by atoms with E-state index in [9.17, 15) is 14.4 Å². The zero-order valence-corrected chi connectivity index (χ0v) is 18.7. The van der Waals surface area contributed by atoms with E-state index in [4.69, 9.17) is 5.73 Å². The first kappa shape index (κ1) is 23.4. The summed E-state index contributed by atoms with van der Waals surface area (Å²) in [6.45, 7) is 10.6. The molecule has 0 saturated heterocycles. The van der Waals surface area contributed by atoms with E-state index in [0.717, 1.165) is 6.42 Å². The lowest BCUT2D eigenvalue weighted by molar-refractivity contribution is -0.118. The number of carbonyl (C=O) groups is 1. The van der Waals surface area contributed by atoms with Crippen LogP contribution in [-0.2, 0) is 17.8 Å². The molecule has 3 N–H and O–H groups in total. The van der Waals surface area contributed by atoms with Crippen molar-refractivity contribution >= 4 is 17.4 Å². The predicted molar refractivity (Wildman–Crippen MR) is 122 cm³/mol. The molecule has 0 fully saturated rings. The Bertz CT molecular complexity index is 971. The van der Waals surface area contributed by atoms with Crippen molar-refractivity contribution in [1.29, 1.82) is 0 Å². The molecule has 1 heterocycles. The maximum Gasteiger partial charge on any atom is 0.330 e.